The van der Waals surface area contributed by atoms with Crippen molar-refractivity contribution in [3.05, 3.63) is 41.8 Å². The zero-order valence-corrected chi connectivity index (χ0v) is 11.9. The van der Waals surface area contributed by atoms with Crippen molar-refractivity contribution in [2.24, 2.45) is 0 Å². The Kier molecular flexibility index (Phi) is 5.05. The van der Waals surface area contributed by atoms with Crippen molar-refractivity contribution in [2.75, 3.05) is 5.75 Å². The molecule has 0 saturated heterocycles. The standard InChI is InChI=1S/C15H16N2OS/c1-3-4-10-19-15-17-16-14(18-15)11-12(2)13-8-6-5-7-9-13/h5-9,12H,10-11H2,1-2H3. The first-order valence-corrected chi connectivity index (χ1v) is 7.18. The van der Waals surface area contributed by atoms with Crippen LogP contribution in [0.4, 0.5) is 0 Å². The normalized spacial score (nSPS) is 11.7. The number of hydrogen-bond donors (Lipinski definition) is 0. The van der Waals surface area contributed by atoms with Gasteiger partial charge >= 0.3 is 0 Å². The van der Waals surface area contributed by atoms with Crippen LogP contribution in [-0.2, 0) is 6.42 Å². The van der Waals surface area contributed by atoms with E-state index in [1.54, 1.807) is 0 Å². The van der Waals surface area contributed by atoms with Gasteiger partial charge in [-0.2, -0.15) is 0 Å². The summed E-state index contributed by atoms with van der Waals surface area (Å²) in [6, 6.07) is 10.3. The van der Waals surface area contributed by atoms with Gasteiger partial charge in [0.1, 0.15) is 0 Å². The van der Waals surface area contributed by atoms with E-state index in [0.29, 0.717) is 22.8 Å². The van der Waals surface area contributed by atoms with Crippen molar-refractivity contribution < 1.29 is 4.42 Å². The molecule has 1 atom stereocenters. The van der Waals surface area contributed by atoms with Gasteiger partial charge in [-0.3, -0.25) is 0 Å². The van der Waals surface area contributed by atoms with Gasteiger partial charge in [0, 0.05) is 6.42 Å². The second-order valence-corrected chi connectivity index (χ2v) is 5.12. The van der Waals surface area contributed by atoms with Gasteiger partial charge in [0.05, 0.1) is 5.75 Å². The summed E-state index contributed by atoms with van der Waals surface area (Å²) in [5.41, 5.74) is 1.28. The van der Waals surface area contributed by atoms with Gasteiger partial charge in [0.25, 0.3) is 5.22 Å². The van der Waals surface area contributed by atoms with Crippen LogP contribution >= 0.6 is 11.8 Å². The minimum Gasteiger partial charge on any atom is -0.416 e. The number of benzene rings is 1. The van der Waals surface area contributed by atoms with E-state index >= 15 is 0 Å². The van der Waals surface area contributed by atoms with Crippen LogP contribution in [0.15, 0.2) is 40.0 Å². The molecular weight excluding hydrogens is 256 g/mol. The van der Waals surface area contributed by atoms with Crippen LogP contribution < -0.4 is 0 Å². The molecule has 0 saturated carbocycles. The van der Waals surface area contributed by atoms with Gasteiger partial charge in [-0.1, -0.05) is 54.9 Å². The first kappa shape index (κ1) is 13.7. The molecule has 4 heteroatoms. The maximum absolute atomic E-state index is 5.60. The third-order valence-corrected chi connectivity index (χ3v) is 3.44. The number of aromatic nitrogens is 2. The molecule has 1 heterocycles. The van der Waals surface area contributed by atoms with Gasteiger partial charge < -0.3 is 4.42 Å². The number of nitrogens with zero attached hydrogens (tertiary/aromatic N) is 2. The third kappa shape index (κ3) is 4.15. The smallest absolute Gasteiger partial charge is 0.277 e. The molecule has 2 rings (SSSR count). The monoisotopic (exact) mass is 272 g/mol. The lowest BCUT2D eigenvalue weighted by molar-refractivity contribution is 0.405. The van der Waals surface area contributed by atoms with Gasteiger partial charge in [-0.15, -0.1) is 16.1 Å². The van der Waals surface area contributed by atoms with E-state index in [1.807, 2.05) is 25.1 Å². The fourth-order valence-electron chi connectivity index (χ4n) is 1.71. The second kappa shape index (κ2) is 7.01. The molecule has 0 bridgehead atoms. The van der Waals surface area contributed by atoms with Crippen LogP contribution in [0.3, 0.4) is 0 Å². The first-order chi connectivity index (χ1) is 9.29. The van der Waals surface area contributed by atoms with Crippen molar-refractivity contribution in [2.45, 2.75) is 31.4 Å². The largest absolute Gasteiger partial charge is 0.416 e. The number of rotatable bonds is 5. The maximum atomic E-state index is 5.60. The van der Waals surface area contributed by atoms with E-state index in [0.717, 1.165) is 6.42 Å². The molecule has 3 nitrogen and oxygen atoms in total. The van der Waals surface area contributed by atoms with Crippen molar-refractivity contribution in [1.29, 1.82) is 0 Å². The van der Waals surface area contributed by atoms with Gasteiger partial charge in [0.15, 0.2) is 0 Å². The van der Waals surface area contributed by atoms with Gasteiger partial charge in [0.2, 0.25) is 5.89 Å². The van der Waals surface area contributed by atoms with Gasteiger partial charge in [-0.25, -0.2) is 0 Å². The van der Waals surface area contributed by atoms with E-state index in [1.165, 1.54) is 17.3 Å². The molecule has 2 aromatic rings. The van der Waals surface area contributed by atoms with Crippen molar-refractivity contribution in [3.63, 3.8) is 0 Å². The highest BCUT2D eigenvalue weighted by Crippen LogP contribution is 2.21. The van der Waals surface area contributed by atoms with Crippen molar-refractivity contribution in [1.82, 2.24) is 10.2 Å². The Balaban J connectivity index is 1.94. The minimum atomic E-state index is 0.370. The summed E-state index contributed by atoms with van der Waals surface area (Å²) in [5, 5.41) is 8.68. The molecule has 1 aromatic carbocycles. The second-order valence-electron chi connectivity index (χ2n) is 4.19. The summed E-state index contributed by atoms with van der Waals surface area (Å²) in [6.07, 6.45) is 0.761. The molecular formula is C15H16N2OS. The minimum absolute atomic E-state index is 0.370. The topological polar surface area (TPSA) is 38.9 Å². The zero-order valence-electron chi connectivity index (χ0n) is 11.1. The van der Waals surface area contributed by atoms with Crippen LogP contribution in [0.25, 0.3) is 0 Å². The van der Waals surface area contributed by atoms with Crippen LogP contribution in [-0.4, -0.2) is 16.0 Å². The van der Waals surface area contributed by atoms with E-state index in [4.69, 9.17) is 4.42 Å². The quantitative estimate of drug-likeness (QED) is 0.616. The van der Waals surface area contributed by atoms with E-state index in [9.17, 15) is 0 Å². The zero-order chi connectivity index (χ0) is 13.5. The lowest BCUT2D eigenvalue weighted by Gasteiger charge is -2.08. The lowest BCUT2D eigenvalue weighted by atomic mass is 9.98. The first-order valence-electron chi connectivity index (χ1n) is 6.19. The Bertz CT molecular complexity index is 569. The van der Waals surface area contributed by atoms with E-state index in [2.05, 4.69) is 41.1 Å². The highest BCUT2D eigenvalue weighted by Gasteiger charge is 2.12. The van der Waals surface area contributed by atoms with E-state index in [-0.39, 0.29) is 0 Å². The number of hydrogen-bond acceptors (Lipinski definition) is 4. The summed E-state index contributed by atoms with van der Waals surface area (Å²) in [7, 11) is 0. The molecule has 0 radical (unpaired) electrons. The lowest BCUT2D eigenvalue weighted by Crippen LogP contribution is -1.98. The summed E-state index contributed by atoms with van der Waals surface area (Å²) >= 11 is 1.47. The highest BCUT2D eigenvalue weighted by molar-refractivity contribution is 7.99. The Morgan fingerprint density at radius 2 is 2.05 bits per heavy atom. The summed E-state index contributed by atoms with van der Waals surface area (Å²) in [4.78, 5) is 0. The Morgan fingerprint density at radius 3 is 2.79 bits per heavy atom. The SMILES string of the molecule is CC#CCSc1nnc(CC(C)c2ccccc2)o1. The molecule has 0 N–H and O–H groups in total. The van der Waals surface area contributed by atoms with Crippen molar-refractivity contribution in [3.8, 4) is 11.8 Å². The fraction of sp³-hybridized carbons (Fsp3) is 0.333. The Labute approximate surface area is 117 Å². The Hall–Kier alpha value is -1.73. The summed E-state index contributed by atoms with van der Waals surface area (Å²) in [5.74, 6) is 7.54. The Morgan fingerprint density at radius 1 is 1.26 bits per heavy atom. The van der Waals surface area contributed by atoms with Crippen molar-refractivity contribution >= 4 is 11.8 Å². The molecule has 19 heavy (non-hydrogen) atoms. The fourth-order valence-corrected chi connectivity index (χ4v) is 2.30. The average Bonchev–Trinajstić information content (AvgIpc) is 2.88. The maximum Gasteiger partial charge on any atom is 0.277 e. The molecule has 0 aliphatic heterocycles. The molecule has 0 aliphatic carbocycles. The van der Waals surface area contributed by atoms with Crippen LogP contribution in [0.2, 0.25) is 0 Å². The van der Waals surface area contributed by atoms with Crippen LogP contribution in [0.1, 0.15) is 31.2 Å². The molecule has 1 aromatic heterocycles. The summed E-state index contributed by atoms with van der Waals surface area (Å²) in [6.45, 7) is 3.98. The molecule has 1 unspecified atom stereocenters. The number of thioether (sulfide) groups is 1. The molecule has 0 aliphatic rings. The molecule has 0 fully saturated rings. The molecule has 0 spiro atoms. The third-order valence-electron chi connectivity index (χ3n) is 2.74. The van der Waals surface area contributed by atoms with Crippen LogP contribution in [0.5, 0.6) is 0 Å². The van der Waals surface area contributed by atoms with E-state index < -0.39 is 0 Å². The van der Waals surface area contributed by atoms with Crippen LogP contribution in [0, 0.1) is 11.8 Å². The van der Waals surface area contributed by atoms with Gasteiger partial charge in [-0.05, 0) is 18.4 Å². The predicted octanol–water partition coefficient (Wildman–Crippen LogP) is 3.53. The summed E-state index contributed by atoms with van der Waals surface area (Å²) < 4.78 is 5.60. The predicted molar refractivity (Wildman–Crippen MR) is 77.0 cm³/mol. The molecule has 0 amide bonds. The molecule has 98 valence electrons. The highest BCUT2D eigenvalue weighted by atomic mass is 32.2. The average molecular weight is 272 g/mol.